The van der Waals surface area contributed by atoms with E-state index in [1.165, 1.54) is 0 Å². The molecule has 22 heavy (non-hydrogen) atoms. The fraction of sp³-hybridized carbons (Fsp3) is 0.316. The van der Waals surface area contributed by atoms with Crippen molar-refractivity contribution >= 4 is 5.91 Å². The van der Waals surface area contributed by atoms with E-state index in [2.05, 4.69) is 12.2 Å². The van der Waals surface area contributed by atoms with E-state index in [4.69, 9.17) is 4.74 Å². The molecule has 0 radical (unpaired) electrons. The van der Waals surface area contributed by atoms with E-state index >= 15 is 0 Å². The average molecular weight is 297 g/mol. The number of carbonyl (C=O) groups excluding carboxylic acids is 1. The van der Waals surface area contributed by atoms with Gasteiger partial charge in [0, 0.05) is 5.56 Å². The second-order valence-corrected chi connectivity index (χ2v) is 5.54. The van der Waals surface area contributed by atoms with Gasteiger partial charge in [0.25, 0.3) is 5.91 Å². The molecule has 0 saturated heterocycles. The number of hydrogen-bond acceptors (Lipinski definition) is 2. The van der Waals surface area contributed by atoms with Crippen molar-refractivity contribution in [2.24, 2.45) is 0 Å². The molecule has 1 atom stereocenters. The molecule has 3 nitrogen and oxygen atoms in total. The lowest BCUT2D eigenvalue weighted by atomic mass is 10.0. The standard InChI is InChI=1S/C19H23NO2/c1-4-18(15-8-6-5-7-9-15)20-19(21)16-10-12-17(13-11-16)22-14(2)3/h5-14,18H,4H2,1-3H3,(H,20,21)/t18-/m0/s1. The van der Waals surface area contributed by atoms with Crippen LogP contribution in [0.4, 0.5) is 0 Å². The molecule has 0 saturated carbocycles. The van der Waals surface area contributed by atoms with Crippen LogP contribution < -0.4 is 10.1 Å². The van der Waals surface area contributed by atoms with E-state index in [-0.39, 0.29) is 18.1 Å². The minimum atomic E-state index is -0.0631. The Kier molecular flexibility index (Phi) is 5.59. The smallest absolute Gasteiger partial charge is 0.251 e. The predicted octanol–water partition coefficient (Wildman–Crippen LogP) is 4.35. The zero-order valence-electron chi connectivity index (χ0n) is 13.4. The van der Waals surface area contributed by atoms with Gasteiger partial charge < -0.3 is 10.1 Å². The van der Waals surface area contributed by atoms with Gasteiger partial charge >= 0.3 is 0 Å². The van der Waals surface area contributed by atoms with Crippen LogP contribution in [0.5, 0.6) is 5.75 Å². The normalized spacial score (nSPS) is 12.0. The summed E-state index contributed by atoms with van der Waals surface area (Å²) in [5.41, 5.74) is 1.77. The molecule has 0 aliphatic carbocycles. The van der Waals surface area contributed by atoms with Crippen molar-refractivity contribution in [2.75, 3.05) is 0 Å². The zero-order chi connectivity index (χ0) is 15.9. The van der Waals surface area contributed by atoms with Crippen molar-refractivity contribution in [3.63, 3.8) is 0 Å². The van der Waals surface area contributed by atoms with E-state index in [0.717, 1.165) is 17.7 Å². The second kappa shape index (κ2) is 7.64. The lowest BCUT2D eigenvalue weighted by molar-refractivity contribution is 0.0935. The Bertz CT molecular complexity index is 591. The van der Waals surface area contributed by atoms with Crippen molar-refractivity contribution in [3.05, 3.63) is 65.7 Å². The van der Waals surface area contributed by atoms with Crippen LogP contribution in [-0.2, 0) is 0 Å². The maximum atomic E-state index is 12.4. The van der Waals surface area contributed by atoms with Crippen LogP contribution in [0, 0.1) is 0 Å². The second-order valence-electron chi connectivity index (χ2n) is 5.54. The van der Waals surface area contributed by atoms with E-state index < -0.39 is 0 Å². The number of rotatable bonds is 6. The summed E-state index contributed by atoms with van der Waals surface area (Å²) in [5.74, 6) is 0.716. The first-order chi connectivity index (χ1) is 10.6. The van der Waals surface area contributed by atoms with Crippen molar-refractivity contribution < 1.29 is 9.53 Å². The van der Waals surface area contributed by atoms with E-state index in [1.807, 2.05) is 56.3 Å². The van der Waals surface area contributed by atoms with Gasteiger partial charge in [-0.05, 0) is 50.1 Å². The van der Waals surface area contributed by atoms with Crippen molar-refractivity contribution in [2.45, 2.75) is 39.3 Å². The molecule has 2 aromatic rings. The number of hydrogen-bond donors (Lipinski definition) is 1. The number of amides is 1. The van der Waals surface area contributed by atoms with Crippen LogP contribution in [0.15, 0.2) is 54.6 Å². The lowest BCUT2D eigenvalue weighted by Crippen LogP contribution is -2.28. The van der Waals surface area contributed by atoms with Gasteiger partial charge in [-0.2, -0.15) is 0 Å². The summed E-state index contributed by atoms with van der Waals surface area (Å²) >= 11 is 0. The molecule has 0 fully saturated rings. The summed E-state index contributed by atoms with van der Waals surface area (Å²) in [4.78, 5) is 12.4. The van der Waals surface area contributed by atoms with Crippen molar-refractivity contribution in [1.82, 2.24) is 5.32 Å². The maximum absolute atomic E-state index is 12.4. The lowest BCUT2D eigenvalue weighted by Gasteiger charge is -2.17. The van der Waals surface area contributed by atoms with Gasteiger partial charge in [-0.1, -0.05) is 37.3 Å². The minimum absolute atomic E-state index is 0.0280. The fourth-order valence-electron chi connectivity index (χ4n) is 2.31. The molecule has 0 unspecified atom stereocenters. The molecule has 1 amide bonds. The number of carbonyl (C=O) groups is 1. The third-order valence-corrected chi connectivity index (χ3v) is 3.40. The molecule has 1 N–H and O–H groups in total. The van der Waals surface area contributed by atoms with Gasteiger partial charge in [0.15, 0.2) is 0 Å². The molecule has 0 aliphatic rings. The summed E-state index contributed by atoms with van der Waals surface area (Å²) < 4.78 is 5.59. The predicted molar refractivity (Wildman–Crippen MR) is 89.1 cm³/mol. The van der Waals surface area contributed by atoms with E-state index in [1.54, 1.807) is 12.1 Å². The molecule has 3 heteroatoms. The highest BCUT2D eigenvalue weighted by Gasteiger charge is 2.13. The van der Waals surface area contributed by atoms with Crippen molar-refractivity contribution in [3.8, 4) is 5.75 Å². The van der Waals surface area contributed by atoms with Crippen molar-refractivity contribution in [1.29, 1.82) is 0 Å². The van der Waals surface area contributed by atoms with Crippen LogP contribution in [0.2, 0.25) is 0 Å². The summed E-state index contributed by atoms with van der Waals surface area (Å²) in [6.07, 6.45) is 0.979. The summed E-state index contributed by atoms with van der Waals surface area (Å²) in [7, 11) is 0. The summed E-state index contributed by atoms with van der Waals surface area (Å²) in [5, 5.41) is 3.08. The Labute approximate surface area is 132 Å². The fourth-order valence-corrected chi connectivity index (χ4v) is 2.31. The zero-order valence-corrected chi connectivity index (χ0v) is 13.4. The van der Waals surface area contributed by atoms with E-state index in [9.17, 15) is 4.79 Å². The first kappa shape index (κ1) is 16.1. The first-order valence-corrected chi connectivity index (χ1v) is 7.72. The molecular formula is C19H23NO2. The monoisotopic (exact) mass is 297 g/mol. The SMILES string of the molecule is CC[C@H](NC(=O)c1ccc(OC(C)C)cc1)c1ccccc1. The maximum Gasteiger partial charge on any atom is 0.251 e. The average Bonchev–Trinajstić information content (AvgIpc) is 2.53. The van der Waals surface area contributed by atoms with Gasteiger partial charge in [-0.15, -0.1) is 0 Å². The van der Waals surface area contributed by atoms with Crippen LogP contribution in [0.3, 0.4) is 0 Å². The quantitative estimate of drug-likeness (QED) is 0.860. The van der Waals surface area contributed by atoms with Gasteiger partial charge in [0.2, 0.25) is 0 Å². The summed E-state index contributed by atoms with van der Waals surface area (Å²) in [6.45, 7) is 6.02. The molecule has 116 valence electrons. The van der Waals surface area contributed by atoms with Gasteiger partial charge in [-0.3, -0.25) is 4.79 Å². The van der Waals surface area contributed by atoms with Gasteiger partial charge in [-0.25, -0.2) is 0 Å². The topological polar surface area (TPSA) is 38.3 Å². The molecule has 2 aromatic carbocycles. The van der Waals surface area contributed by atoms with Gasteiger partial charge in [0.05, 0.1) is 12.1 Å². The van der Waals surface area contributed by atoms with Crippen LogP contribution >= 0.6 is 0 Å². The number of nitrogens with one attached hydrogen (secondary N) is 1. The largest absolute Gasteiger partial charge is 0.491 e. The van der Waals surface area contributed by atoms with Crippen LogP contribution in [0.1, 0.15) is 49.2 Å². The molecular weight excluding hydrogens is 274 g/mol. The number of ether oxygens (including phenoxy) is 1. The Balaban J connectivity index is 2.04. The Morgan fingerprint density at radius 1 is 1.05 bits per heavy atom. The molecule has 0 aliphatic heterocycles. The van der Waals surface area contributed by atoms with Crippen LogP contribution in [0.25, 0.3) is 0 Å². The minimum Gasteiger partial charge on any atom is -0.491 e. The summed E-state index contributed by atoms with van der Waals surface area (Å²) in [6, 6.07) is 17.3. The molecule has 0 spiro atoms. The third kappa shape index (κ3) is 4.35. The number of benzene rings is 2. The molecule has 2 rings (SSSR count). The Morgan fingerprint density at radius 2 is 1.68 bits per heavy atom. The van der Waals surface area contributed by atoms with Crippen LogP contribution in [-0.4, -0.2) is 12.0 Å². The Hall–Kier alpha value is -2.29. The highest BCUT2D eigenvalue weighted by atomic mass is 16.5. The molecule has 0 aromatic heterocycles. The highest BCUT2D eigenvalue weighted by molar-refractivity contribution is 5.94. The third-order valence-electron chi connectivity index (χ3n) is 3.40. The van der Waals surface area contributed by atoms with Gasteiger partial charge in [0.1, 0.15) is 5.75 Å². The van der Waals surface area contributed by atoms with E-state index in [0.29, 0.717) is 5.56 Å². The molecule has 0 bridgehead atoms. The highest BCUT2D eigenvalue weighted by Crippen LogP contribution is 2.18. The Morgan fingerprint density at radius 3 is 2.23 bits per heavy atom. The first-order valence-electron chi connectivity index (χ1n) is 7.72. The molecule has 0 heterocycles.